The van der Waals surface area contributed by atoms with Crippen LogP contribution in [0.1, 0.15) is 10.5 Å². The molecule has 0 radical (unpaired) electrons. The Labute approximate surface area is 120 Å². The molecule has 2 rings (SSSR count). The van der Waals surface area contributed by atoms with Crippen molar-refractivity contribution in [3.8, 4) is 22.1 Å². The summed E-state index contributed by atoms with van der Waals surface area (Å²) in [5, 5.41) is 0.831. The molecule has 0 spiro atoms. The summed E-state index contributed by atoms with van der Waals surface area (Å²) < 4.78 is 15.3. The third-order valence-electron chi connectivity index (χ3n) is 2.67. The number of esters is 1. The van der Waals surface area contributed by atoms with Gasteiger partial charge in [0.05, 0.1) is 26.9 Å². The first-order chi connectivity index (χ1) is 9.62. The van der Waals surface area contributed by atoms with E-state index in [-0.39, 0.29) is 5.69 Å². The molecule has 20 heavy (non-hydrogen) atoms. The number of methoxy groups -OCH3 is 3. The SMILES string of the molecule is COC(=O)c1nc(-c2c(OC)cccc2OC)sc1N. The average Bonchev–Trinajstić information content (AvgIpc) is 2.86. The van der Waals surface area contributed by atoms with Gasteiger partial charge in [-0.15, -0.1) is 0 Å². The molecule has 2 N–H and O–H groups in total. The number of anilines is 1. The van der Waals surface area contributed by atoms with Gasteiger partial charge in [0.25, 0.3) is 0 Å². The maximum atomic E-state index is 11.6. The van der Waals surface area contributed by atoms with E-state index in [0.29, 0.717) is 27.1 Å². The maximum Gasteiger partial charge on any atom is 0.359 e. The molecule has 1 aromatic heterocycles. The number of hydrogen-bond acceptors (Lipinski definition) is 7. The fourth-order valence-corrected chi connectivity index (χ4v) is 2.62. The Hall–Kier alpha value is -2.28. The second-order valence-corrected chi connectivity index (χ2v) is 4.79. The number of nitrogen functional groups attached to an aromatic ring is 1. The van der Waals surface area contributed by atoms with Crippen LogP contribution in [0.5, 0.6) is 11.5 Å². The van der Waals surface area contributed by atoms with Gasteiger partial charge >= 0.3 is 5.97 Å². The molecule has 2 aromatic rings. The van der Waals surface area contributed by atoms with E-state index in [4.69, 9.17) is 15.2 Å². The van der Waals surface area contributed by atoms with Crippen LogP contribution in [-0.2, 0) is 4.74 Å². The molecule has 0 aliphatic rings. The van der Waals surface area contributed by atoms with Crippen molar-refractivity contribution in [1.29, 1.82) is 0 Å². The van der Waals surface area contributed by atoms with Crippen LogP contribution < -0.4 is 15.2 Å². The van der Waals surface area contributed by atoms with E-state index in [1.54, 1.807) is 32.4 Å². The number of thiazole rings is 1. The first kappa shape index (κ1) is 14.1. The summed E-state index contributed by atoms with van der Waals surface area (Å²) >= 11 is 1.18. The van der Waals surface area contributed by atoms with Crippen molar-refractivity contribution in [2.75, 3.05) is 27.1 Å². The van der Waals surface area contributed by atoms with Gasteiger partial charge in [0.15, 0.2) is 5.69 Å². The standard InChI is InChI=1S/C13H14N2O4S/c1-17-7-5-4-6-8(18-2)9(7)12-15-10(11(14)20-12)13(16)19-3/h4-6H,14H2,1-3H3. The Morgan fingerprint density at radius 2 is 1.80 bits per heavy atom. The minimum atomic E-state index is -0.570. The van der Waals surface area contributed by atoms with Crippen molar-refractivity contribution in [1.82, 2.24) is 4.98 Å². The smallest absolute Gasteiger partial charge is 0.359 e. The Morgan fingerprint density at radius 3 is 2.30 bits per heavy atom. The van der Waals surface area contributed by atoms with Gasteiger partial charge in [-0.2, -0.15) is 0 Å². The molecule has 0 atom stereocenters. The molecule has 0 aliphatic carbocycles. The zero-order valence-electron chi connectivity index (χ0n) is 11.3. The zero-order chi connectivity index (χ0) is 14.7. The number of hydrogen-bond donors (Lipinski definition) is 1. The number of carbonyl (C=O) groups excluding carboxylic acids is 1. The van der Waals surface area contributed by atoms with Crippen molar-refractivity contribution < 1.29 is 19.0 Å². The number of aromatic nitrogens is 1. The minimum Gasteiger partial charge on any atom is -0.496 e. The number of nitrogens with zero attached hydrogens (tertiary/aromatic N) is 1. The fraction of sp³-hybridized carbons (Fsp3) is 0.231. The summed E-state index contributed by atoms with van der Waals surface area (Å²) in [7, 11) is 4.39. The van der Waals surface area contributed by atoms with E-state index in [1.807, 2.05) is 0 Å². The predicted molar refractivity (Wildman–Crippen MR) is 76.4 cm³/mol. The molecular formula is C13H14N2O4S. The van der Waals surface area contributed by atoms with E-state index < -0.39 is 5.97 Å². The molecule has 7 heteroatoms. The van der Waals surface area contributed by atoms with Crippen LogP contribution in [0.2, 0.25) is 0 Å². The van der Waals surface area contributed by atoms with Crippen LogP contribution >= 0.6 is 11.3 Å². The van der Waals surface area contributed by atoms with Crippen molar-refractivity contribution in [2.45, 2.75) is 0 Å². The van der Waals surface area contributed by atoms with Crippen molar-refractivity contribution in [3.63, 3.8) is 0 Å². The lowest BCUT2D eigenvalue weighted by atomic mass is 10.2. The maximum absolute atomic E-state index is 11.6. The van der Waals surface area contributed by atoms with Gasteiger partial charge in [-0.3, -0.25) is 0 Å². The lowest BCUT2D eigenvalue weighted by Gasteiger charge is -2.10. The Balaban J connectivity index is 2.60. The van der Waals surface area contributed by atoms with Crippen LogP contribution in [0.25, 0.3) is 10.6 Å². The molecule has 0 fully saturated rings. The van der Waals surface area contributed by atoms with Crippen LogP contribution in [-0.4, -0.2) is 32.3 Å². The lowest BCUT2D eigenvalue weighted by molar-refractivity contribution is 0.0596. The molecular weight excluding hydrogens is 280 g/mol. The zero-order valence-corrected chi connectivity index (χ0v) is 12.1. The molecule has 0 amide bonds. The summed E-state index contributed by atoms with van der Waals surface area (Å²) in [4.78, 5) is 15.8. The largest absolute Gasteiger partial charge is 0.496 e. The number of benzene rings is 1. The highest BCUT2D eigenvalue weighted by Gasteiger charge is 2.22. The first-order valence-electron chi connectivity index (χ1n) is 5.68. The first-order valence-corrected chi connectivity index (χ1v) is 6.50. The van der Waals surface area contributed by atoms with Crippen LogP contribution in [0.4, 0.5) is 5.00 Å². The van der Waals surface area contributed by atoms with E-state index in [9.17, 15) is 4.79 Å². The van der Waals surface area contributed by atoms with Gasteiger partial charge in [-0.1, -0.05) is 17.4 Å². The lowest BCUT2D eigenvalue weighted by Crippen LogP contribution is -2.04. The summed E-state index contributed by atoms with van der Waals surface area (Å²) in [6, 6.07) is 5.37. The monoisotopic (exact) mass is 294 g/mol. The molecule has 106 valence electrons. The average molecular weight is 294 g/mol. The predicted octanol–water partition coefficient (Wildman–Crippen LogP) is 2.20. The van der Waals surface area contributed by atoms with Crippen LogP contribution in [0.15, 0.2) is 18.2 Å². The van der Waals surface area contributed by atoms with E-state index >= 15 is 0 Å². The topological polar surface area (TPSA) is 83.7 Å². The number of ether oxygens (including phenoxy) is 3. The Kier molecular flexibility index (Phi) is 4.09. The van der Waals surface area contributed by atoms with Crippen LogP contribution in [0, 0.1) is 0 Å². The van der Waals surface area contributed by atoms with Gasteiger partial charge in [0.1, 0.15) is 21.5 Å². The van der Waals surface area contributed by atoms with Gasteiger partial charge < -0.3 is 19.9 Å². The van der Waals surface area contributed by atoms with Gasteiger partial charge in [0.2, 0.25) is 0 Å². The molecule has 6 nitrogen and oxygen atoms in total. The van der Waals surface area contributed by atoms with Crippen LogP contribution in [0.3, 0.4) is 0 Å². The highest BCUT2D eigenvalue weighted by molar-refractivity contribution is 7.19. The molecule has 1 heterocycles. The summed E-state index contributed by atoms with van der Waals surface area (Å²) in [5.74, 6) is 0.614. The highest BCUT2D eigenvalue weighted by Crippen LogP contribution is 2.41. The second kappa shape index (κ2) is 5.79. The molecule has 0 saturated heterocycles. The van der Waals surface area contributed by atoms with Gasteiger partial charge in [-0.25, -0.2) is 9.78 Å². The second-order valence-electron chi connectivity index (χ2n) is 3.76. The summed E-state index contributed by atoms with van der Waals surface area (Å²) in [5.41, 5.74) is 6.57. The normalized spacial score (nSPS) is 10.2. The summed E-state index contributed by atoms with van der Waals surface area (Å²) in [6.45, 7) is 0. The highest BCUT2D eigenvalue weighted by atomic mass is 32.1. The number of nitrogens with two attached hydrogens (primary N) is 1. The van der Waals surface area contributed by atoms with Gasteiger partial charge in [0, 0.05) is 0 Å². The molecule has 0 bridgehead atoms. The molecule has 0 saturated carbocycles. The quantitative estimate of drug-likeness (QED) is 0.870. The van der Waals surface area contributed by atoms with E-state index in [1.165, 1.54) is 18.4 Å². The van der Waals surface area contributed by atoms with Crippen molar-refractivity contribution in [3.05, 3.63) is 23.9 Å². The van der Waals surface area contributed by atoms with Crippen molar-refractivity contribution in [2.24, 2.45) is 0 Å². The molecule has 0 aliphatic heterocycles. The molecule has 0 unspecified atom stereocenters. The van der Waals surface area contributed by atoms with E-state index in [2.05, 4.69) is 9.72 Å². The Morgan fingerprint density at radius 1 is 1.20 bits per heavy atom. The fourth-order valence-electron chi connectivity index (χ4n) is 1.74. The number of rotatable bonds is 4. The van der Waals surface area contributed by atoms with Gasteiger partial charge in [-0.05, 0) is 12.1 Å². The third-order valence-corrected chi connectivity index (χ3v) is 3.58. The summed E-state index contributed by atoms with van der Waals surface area (Å²) in [6.07, 6.45) is 0. The minimum absolute atomic E-state index is 0.0976. The Bertz CT molecular complexity index is 617. The van der Waals surface area contributed by atoms with E-state index in [0.717, 1.165) is 0 Å². The molecule has 1 aromatic carbocycles. The van der Waals surface area contributed by atoms with Crippen molar-refractivity contribution >= 4 is 22.3 Å². The third kappa shape index (κ3) is 2.39. The number of carbonyl (C=O) groups is 1.